The molecule has 6 heteroatoms. The van der Waals surface area contributed by atoms with Gasteiger partial charge in [-0.15, -0.1) is 11.3 Å². The molecule has 1 aromatic rings. The first kappa shape index (κ1) is 14.7. The van der Waals surface area contributed by atoms with E-state index in [2.05, 4.69) is 5.32 Å². The summed E-state index contributed by atoms with van der Waals surface area (Å²) in [6.45, 7) is 5.73. The third-order valence-electron chi connectivity index (χ3n) is 2.36. The first-order valence-electron chi connectivity index (χ1n) is 5.83. The molecule has 0 unspecified atom stereocenters. The molecule has 0 aliphatic carbocycles. The van der Waals surface area contributed by atoms with Crippen molar-refractivity contribution in [2.24, 2.45) is 5.73 Å². The van der Waals surface area contributed by atoms with E-state index in [1.807, 2.05) is 13.8 Å². The molecule has 1 atom stereocenters. The topological polar surface area (TPSA) is 81.4 Å². The van der Waals surface area contributed by atoms with Crippen LogP contribution in [0.2, 0.25) is 0 Å². The number of amides is 1. The van der Waals surface area contributed by atoms with Crippen molar-refractivity contribution >= 4 is 28.2 Å². The van der Waals surface area contributed by atoms with Crippen LogP contribution in [0.15, 0.2) is 6.07 Å². The highest BCUT2D eigenvalue weighted by molar-refractivity contribution is 7.16. The predicted molar refractivity (Wildman–Crippen MR) is 71.9 cm³/mol. The fraction of sp³-hybridized carbons (Fsp3) is 0.500. The average molecular weight is 270 g/mol. The van der Waals surface area contributed by atoms with E-state index in [0.29, 0.717) is 23.6 Å². The Morgan fingerprint density at radius 3 is 2.72 bits per heavy atom. The molecule has 1 aromatic heterocycles. The lowest BCUT2D eigenvalue weighted by molar-refractivity contribution is -0.117. The molecule has 0 radical (unpaired) electrons. The van der Waals surface area contributed by atoms with Gasteiger partial charge in [0.1, 0.15) is 5.00 Å². The van der Waals surface area contributed by atoms with Gasteiger partial charge in [-0.2, -0.15) is 0 Å². The Morgan fingerprint density at radius 1 is 1.50 bits per heavy atom. The maximum Gasteiger partial charge on any atom is 0.341 e. The lowest BCUT2D eigenvalue weighted by Crippen LogP contribution is -2.34. The largest absolute Gasteiger partial charge is 0.462 e. The molecule has 18 heavy (non-hydrogen) atoms. The van der Waals surface area contributed by atoms with Gasteiger partial charge in [-0.05, 0) is 26.3 Å². The number of nitrogens with two attached hydrogens (primary N) is 1. The van der Waals surface area contributed by atoms with Crippen LogP contribution in [0.5, 0.6) is 0 Å². The van der Waals surface area contributed by atoms with E-state index in [1.54, 1.807) is 13.0 Å². The molecular formula is C12H18N2O3S. The third kappa shape index (κ3) is 3.54. The monoisotopic (exact) mass is 270 g/mol. The summed E-state index contributed by atoms with van der Waals surface area (Å²) < 4.78 is 4.94. The van der Waals surface area contributed by atoms with Crippen LogP contribution >= 0.6 is 11.3 Å². The first-order valence-corrected chi connectivity index (χ1v) is 6.65. The molecule has 0 aliphatic rings. The molecule has 1 rings (SSSR count). The number of carbonyl (C=O) groups excluding carboxylic acids is 2. The standard InChI is InChI=1S/C12H18N2O3S/c1-4-9(13)10(15)14-11-8(6-7(3)18-11)12(16)17-5-2/h6,9H,4-5,13H2,1-3H3,(H,14,15)/t9-/m0/s1. The Morgan fingerprint density at radius 2 is 2.17 bits per heavy atom. The van der Waals surface area contributed by atoms with Crippen molar-refractivity contribution in [2.75, 3.05) is 11.9 Å². The van der Waals surface area contributed by atoms with E-state index < -0.39 is 12.0 Å². The van der Waals surface area contributed by atoms with Gasteiger partial charge >= 0.3 is 5.97 Å². The van der Waals surface area contributed by atoms with Crippen molar-refractivity contribution in [3.05, 3.63) is 16.5 Å². The van der Waals surface area contributed by atoms with Gasteiger partial charge in [0.05, 0.1) is 18.2 Å². The first-order chi connectivity index (χ1) is 8.49. The van der Waals surface area contributed by atoms with Crippen molar-refractivity contribution in [2.45, 2.75) is 33.2 Å². The van der Waals surface area contributed by atoms with Crippen LogP contribution in [0.3, 0.4) is 0 Å². The Hall–Kier alpha value is -1.40. The maximum atomic E-state index is 11.7. The molecule has 5 nitrogen and oxygen atoms in total. The Labute approximate surface area is 110 Å². The van der Waals surface area contributed by atoms with Crippen LogP contribution in [-0.2, 0) is 9.53 Å². The zero-order valence-electron chi connectivity index (χ0n) is 10.8. The predicted octanol–water partition coefficient (Wildman–Crippen LogP) is 1.91. The molecule has 0 saturated carbocycles. The minimum Gasteiger partial charge on any atom is -0.462 e. The smallest absolute Gasteiger partial charge is 0.341 e. The summed E-state index contributed by atoms with van der Waals surface area (Å²) in [5.41, 5.74) is 6.02. The highest BCUT2D eigenvalue weighted by Gasteiger charge is 2.19. The molecule has 0 saturated heterocycles. The molecule has 1 amide bonds. The van der Waals surface area contributed by atoms with Crippen LogP contribution in [0.4, 0.5) is 5.00 Å². The Bertz CT molecular complexity index is 443. The molecular weight excluding hydrogens is 252 g/mol. The van der Waals surface area contributed by atoms with Gasteiger partial charge in [0.2, 0.25) is 5.91 Å². The number of aryl methyl sites for hydroxylation is 1. The quantitative estimate of drug-likeness (QED) is 0.801. The van der Waals surface area contributed by atoms with Gasteiger partial charge in [0, 0.05) is 4.88 Å². The number of hydrogen-bond acceptors (Lipinski definition) is 5. The highest BCUT2D eigenvalue weighted by atomic mass is 32.1. The van der Waals surface area contributed by atoms with E-state index in [-0.39, 0.29) is 5.91 Å². The van der Waals surface area contributed by atoms with E-state index in [9.17, 15) is 9.59 Å². The van der Waals surface area contributed by atoms with E-state index in [4.69, 9.17) is 10.5 Å². The molecule has 1 heterocycles. The van der Waals surface area contributed by atoms with E-state index >= 15 is 0 Å². The number of hydrogen-bond donors (Lipinski definition) is 2. The summed E-state index contributed by atoms with van der Waals surface area (Å²) >= 11 is 1.34. The normalized spacial score (nSPS) is 12.0. The van der Waals surface area contributed by atoms with Crippen LogP contribution < -0.4 is 11.1 Å². The summed E-state index contributed by atoms with van der Waals surface area (Å²) in [5, 5.41) is 3.17. The molecule has 100 valence electrons. The Kier molecular flexibility index (Phi) is 5.30. The van der Waals surface area contributed by atoms with Gasteiger partial charge < -0.3 is 15.8 Å². The summed E-state index contributed by atoms with van der Waals surface area (Å²) in [4.78, 5) is 24.3. The SMILES string of the molecule is CCOC(=O)c1cc(C)sc1NC(=O)[C@@H](N)CC. The number of anilines is 1. The van der Waals surface area contributed by atoms with E-state index in [1.165, 1.54) is 11.3 Å². The van der Waals surface area contributed by atoms with Crippen molar-refractivity contribution in [3.63, 3.8) is 0 Å². The van der Waals surface area contributed by atoms with Crippen molar-refractivity contribution in [1.82, 2.24) is 0 Å². The number of nitrogens with one attached hydrogen (secondary N) is 1. The molecule has 0 aromatic carbocycles. The van der Waals surface area contributed by atoms with E-state index in [0.717, 1.165) is 4.88 Å². The zero-order valence-corrected chi connectivity index (χ0v) is 11.6. The molecule has 0 fully saturated rings. The lowest BCUT2D eigenvalue weighted by atomic mass is 10.2. The molecule has 0 spiro atoms. The second-order valence-electron chi connectivity index (χ2n) is 3.82. The zero-order chi connectivity index (χ0) is 13.7. The van der Waals surface area contributed by atoms with Gasteiger partial charge in [0.25, 0.3) is 0 Å². The summed E-state index contributed by atoms with van der Waals surface area (Å²) in [7, 11) is 0. The Balaban J connectivity index is 2.88. The average Bonchev–Trinajstić information content (AvgIpc) is 2.69. The number of thiophene rings is 1. The summed E-state index contributed by atoms with van der Waals surface area (Å²) in [6, 6.07) is 1.14. The summed E-state index contributed by atoms with van der Waals surface area (Å²) in [5.74, 6) is -0.716. The second-order valence-corrected chi connectivity index (χ2v) is 5.08. The number of esters is 1. The van der Waals surface area contributed by atoms with Crippen LogP contribution in [-0.4, -0.2) is 24.5 Å². The van der Waals surface area contributed by atoms with Crippen molar-refractivity contribution in [1.29, 1.82) is 0 Å². The summed E-state index contributed by atoms with van der Waals surface area (Å²) in [6.07, 6.45) is 0.547. The van der Waals surface area contributed by atoms with Crippen LogP contribution in [0.1, 0.15) is 35.5 Å². The van der Waals surface area contributed by atoms with Gasteiger partial charge in [-0.1, -0.05) is 6.92 Å². The second kappa shape index (κ2) is 6.51. The minimum absolute atomic E-state index is 0.287. The highest BCUT2D eigenvalue weighted by Crippen LogP contribution is 2.28. The molecule has 3 N–H and O–H groups in total. The van der Waals surface area contributed by atoms with Crippen molar-refractivity contribution in [3.8, 4) is 0 Å². The number of rotatable bonds is 5. The maximum absolute atomic E-state index is 11.7. The van der Waals surface area contributed by atoms with Gasteiger partial charge in [0.15, 0.2) is 0 Å². The van der Waals surface area contributed by atoms with Gasteiger partial charge in [-0.3, -0.25) is 4.79 Å². The number of ether oxygens (including phenoxy) is 1. The minimum atomic E-state index is -0.567. The lowest BCUT2D eigenvalue weighted by Gasteiger charge is -2.09. The third-order valence-corrected chi connectivity index (χ3v) is 3.33. The fourth-order valence-electron chi connectivity index (χ4n) is 1.36. The molecule has 0 aliphatic heterocycles. The molecule has 0 bridgehead atoms. The van der Waals surface area contributed by atoms with Crippen molar-refractivity contribution < 1.29 is 14.3 Å². The van der Waals surface area contributed by atoms with Gasteiger partial charge in [-0.25, -0.2) is 4.79 Å². The van der Waals surface area contributed by atoms with Crippen LogP contribution in [0, 0.1) is 6.92 Å². The van der Waals surface area contributed by atoms with Crippen LogP contribution in [0.25, 0.3) is 0 Å². The number of carbonyl (C=O) groups is 2. The fourth-order valence-corrected chi connectivity index (χ4v) is 2.26.